The number of nitrogens with zero attached hydrogens (tertiary/aromatic N) is 3. The molecule has 16 heavy (non-hydrogen) atoms. The van der Waals surface area contributed by atoms with E-state index in [1.807, 2.05) is 6.07 Å². The van der Waals surface area contributed by atoms with Gasteiger partial charge in [0.2, 0.25) is 0 Å². The third kappa shape index (κ3) is 1.41. The second-order valence-corrected chi connectivity index (χ2v) is 4.76. The molecule has 84 valence electrons. The van der Waals surface area contributed by atoms with Crippen LogP contribution in [-0.4, -0.2) is 39.2 Å². The molecule has 1 saturated heterocycles. The zero-order chi connectivity index (χ0) is 11.1. The normalized spacial score (nSPS) is 18.2. The van der Waals surface area contributed by atoms with Crippen LogP contribution in [0.1, 0.15) is 25.5 Å². The summed E-state index contributed by atoms with van der Waals surface area (Å²) in [6, 6.07) is 4.71. The summed E-state index contributed by atoms with van der Waals surface area (Å²) in [6.07, 6.45) is 1.79. The summed E-state index contributed by atoms with van der Waals surface area (Å²) < 4.78 is 0. The van der Waals surface area contributed by atoms with E-state index in [-0.39, 0.29) is 0 Å². The number of fused-ring (bicyclic) bond motifs is 1. The quantitative estimate of drug-likeness (QED) is 0.832. The van der Waals surface area contributed by atoms with Gasteiger partial charge in [0.05, 0.1) is 5.69 Å². The molecule has 0 amide bonds. The van der Waals surface area contributed by atoms with Crippen LogP contribution in [-0.2, 0) is 0 Å². The summed E-state index contributed by atoms with van der Waals surface area (Å²) in [5.41, 5.74) is 2.08. The molecule has 0 atom stereocenters. The maximum Gasteiger partial charge on any atom is 0.181 e. The minimum absolute atomic E-state index is 0.594. The third-order valence-electron chi connectivity index (χ3n) is 3.41. The predicted octanol–water partition coefficient (Wildman–Crippen LogP) is 1.77. The van der Waals surface area contributed by atoms with Crippen molar-refractivity contribution in [1.82, 2.24) is 20.1 Å². The number of likely N-dealkylation sites (tertiary alicyclic amines) is 1. The summed E-state index contributed by atoms with van der Waals surface area (Å²) in [5, 5.41) is 8.55. The number of H-pyrrole nitrogens is 1. The SMILES string of the molecule is CC(C)N1CC(c2[nH]nc3ncccc23)C1. The van der Waals surface area contributed by atoms with Crippen LogP contribution in [0.4, 0.5) is 0 Å². The largest absolute Gasteiger partial charge is 0.300 e. The van der Waals surface area contributed by atoms with Crippen molar-refractivity contribution in [3.05, 3.63) is 24.0 Å². The van der Waals surface area contributed by atoms with Crippen LogP contribution in [0, 0.1) is 0 Å². The lowest BCUT2D eigenvalue weighted by Crippen LogP contribution is -2.48. The van der Waals surface area contributed by atoms with E-state index in [2.05, 4.69) is 40.0 Å². The van der Waals surface area contributed by atoms with Crippen molar-refractivity contribution in [3.8, 4) is 0 Å². The molecule has 0 radical (unpaired) electrons. The Hall–Kier alpha value is -1.42. The number of nitrogens with one attached hydrogen (secondary N) is 1. The van der Waals surface area contributed by atoms with Crippen LogP contribution in [0.15, 0.2) is 18.3 Å². The molecule has 2 aromatic heterocycles. The van der Waals surface area contributed by atoms with E-state index in [0.717, 1.165) is 18.7 Å². The fourth-order valence-corrected chi connectivity index (χ4v) is 2.30. The minimum Gasteiger partial charge on any atom is -0.300 e. The van der Waals surface area contributed by atoms with E-state index in [1.165, 1.54) is 11.1 Å². The topological polar surface area (TPSA) is 44.8 Å². The Morgan fingerprint density at radius 3 is 3.00 bits per heavy atom. The van der Waals surface area contributed by atoms with Gasteiger partial charge in [-0.15, -0.1) is 0 Å². The number of rotatable bonds is 2. The highest BCUT2D eigenvalue weighted by Crippen LogP contribution is 2.30. The van der Waals surface area contributed by atoms with Crippen molar-refractivity contribution < 1.29 is 0 Å². The molecular formula is C12H16N4. The first-order valence-electron chi connectivity index (χ1n) is 5.78. The third-order valence-corrected chi connectivity index (χ3v) is 3.41. The van der Waals surface area contributed by atoms with Crippen LogP contribution in [0.3, 0.4) is 0 Å². The van der Waals surface area contributed by atoms with Crippen molar-refractivity contribution in [1.29, 1.82) is 0 Å². The van der Waals surface area contributed by atoms with E-state index >= 15 is 0 Å². The molecule has 0 unspecified atom stereocenters. The fourth-order valence-electron chi connectivity index (χ4n) is 2.30. The first-order chi connectivity index (χ1) is 7.75. The summed E-state index contributed by atoms with van der Waals surface area (Å²) in [7, 11) is 0. The van der Waals surface area contributed by atoms with Crippen molar-refractivity contribution in [2.24, 2.45) is 0 Å². The van der Waals surface area contributed by atoms with Crippen molar-refractivity contribution in [3.63, 3.8) is 0 Å². The molecule has 0 spiro atoms. The van der Waals surface area contributed by atoms with Crippen molar-refractivity contribution in [2.45, 2.75) is 25.8 Å². The Morgan fingerprint density at radius 2 is 2.25 bits per heavy atom. The molecule has 1 aliphatic heterocycles. The van der Waals surface area contributed by atoms with Crippen LogP contribution in [0.2, 0.25) is 0 Å². The molecule has 1 N–H and O–H groups in total. The molecular weight excluding hydrogens is 200 g/mol. The van der Waals surface area contributed by atoms with E-state index < -0.39 is 0 Å². The monoisotopic (exact) mass is 216 g/mol. The Kier molecular flexibility index (Phi) is 2.17. The molecule has 0 aromatic carbocycles. The smallest absolute Gasteiger partial charge is 0.181 e. The zero-order valence-electron chi connectivity index (χ0n) is 9.64. The van der Waals surface area contributed by atoms with Gasteiger partial charge in [-0.3, -0.25) is 10.00 Å². The number of pyridine rings is 1. The molecule has 1 aliphatic rings. The first kappa shape index (κ1) is 9.78. The van der Waals surface area contributed by atoms with Gasteiger partial charge in [-0.1, -0.05) is 0 Å². The number of hydrogen-bond acceptors (Lipinski definition) is 3. The van der Waals surface area contributed by atoms with Gasteiger partial charge in [-0.2, -0.15) is 5.10 Å². The Balaban J connectivity index is 1.86. The summed E-state index contributed by atoms with van der Waals surface area (Å²) in [4.78, 5) is 6.71. The Morgan fingerprint density at radius 1 is 1.44 bits per heavy atom. The van der Waals surface area contributed by atoms with Crippen LogP contribution in [0.5, 0.6) is 0 Å². The van der Waals surface area contributed by atoms with E-state index in [0.29, 0.717) is 12.0 Å². The summed E-state index contributed by atoms with van der Waals surface area (Å²) in [6.45, 7) is 6.74. The van der Waals surface area contributed by atoms with Crippen molar-refractivity contribution in [2.75, 3.05) is 13.1 Å². The standard InChI is InChI=1S/C12H16N4/c1-8(2)16-6-9(7-16)11-10-4-3-5-13-12(10)15-14-11/h3-5,8-9H,6-7H2,1-2H3,(H,13,14,15). The maximum absolute atomic E-state index is 4.24. The van der Waals surface area contributed by atoms with Gasteiger partial charge in [0, 0.05) is 36.6 Å². The van der Waals surface area contributed by atoms with E-state index in [1.54, 1.807) is 6.20 Å². The molecule has 4 heteroatoms. The van der Waals surface area contributed by atoms with Gasteiger partial charge in [-0.25, -0.2) is 4.98 Å². The number of hydrogen-bond donors (Lipinski definition) is 1. The molecule has 1 fully saturated rings. The van der Waals surface area contributed by atoms with E-state index in [4.69, 9.17) is 0 Å². The first-order valence-corrected chi connectivity index (χ1v) is 5.78. The lowest BCUT2D eigenvalue weighted by molar-refractivity contribution is 0.108. The lowest BCUT2D eigenvalue weighted by atomic mass is 9.93. The highest BCUT2D eigenvalue weighted by Gasteiger charge is 2.31. The average Bonchev–Trinajstić information content (AvgIpc) is 2.60. The Labute approximate surface area is 94.7 Å². The zero-order valence-corrected chi connectivity index (χ0v) is 9.64. The number of aromatic amines is 1. The van der Waals surface area contributed by atoms with Gasteiger partial charge in [-0.05, 0) is 26.0 Å². The molecule has 4 nitrogen and oxygen atoms in total. The molecule has 0 bridgehead atoms. The van der Waals surface area contributed by atoms with Gasteiger partial charge >= 0.3 is 0 Å². The molecule has 3 rings (SSSR count). The summed E-state index contributed by atoms with van der Waals surface area (Å²) in [5.74, 6) is 0.594. The Bertz CT molecular complexity index is 496. The predicted molar refractivity (Wildman–Crippen MR) is 63.3 cm³/mol. The fraction of sp³-hybridized carbons (Fsp3) is 0.500. The second-order valence-electron chi connectivity index (χ2n) is 4.76. The van der Waals surface area contributed by atoms with Crippen molar-refractivity contribution >= 4 is 11.0 Å². The van der Waals surface area contributed by atoms with E-state index in [9.17, 15) is 0 Å². The lowest BCUT2D eigenvalue weighted by Gasteiger charge is -2.41. The highest BCUT2D eigenvalue weighted by atomic mass is 15.2. The van der Waals surface area contributed by atoms with Gasteiger partial charge in [0.15, 0.2) is 5.65 Å². The highest BCUT2D eigenvalue weighted by molar-refractivity contribution is 5.78. The van der Waals surface area contributed by atoms with Gasteiger partial charge in [0.1, 0.15) is 0 Å². The molecule has 3 heterocycles. The molecule has 0 saturated carbocycles. The van der Waals surface area contributed by atoms with Gasteiger partial charge in [0.25, 0.3) is 0 Å². The van der Waals surface area contributed by atoms with Crippen LogP contribution in [0.25, 0.3) is 11.0 Å². The average molecular weight is 216 g/mol. The van der Waals surface area contributed by atoms with Gasteiger partial charge < -0.3 is 0 Å². The second kappa shape index (κ2) is 3.56. The molecule has 2 aromatic rings. The molecule has 0 aliphatic carbocycles. The van der Waals surface area contributed by atoms with Crippen LogP contribution >= 0.6 is 0 Å². The maximum atomic E-state index is 4.24. The number of aromatic nitrogens is 3. The van der Waals surface area contributed by atoms with Crippen LogP contribution < -0.4 is 0 Å². The summed E-state index contributed by atoms with van der Waals surface area (Å²) >= 11 is 0. The minimum atomic E-state index is 0.594.